The maximum absolute atomic E-state index is 14.4. The Hall–Kier alpha value is -5.38. The maximum atomic E-state index is 14.4. The van der Waals surface area contributed by atoms with Crippen molar-refractivity contribution in [2.75, 3.05) is 20.8 Å². The van der Waals surface area contributed by atoms with Crippen LogP contribution in [0.5, 0.6) is 11.5 Å². The molecule has 51 heavy (non-hydrogen) atoms. The number of esters is 1. The number of nitrogens with one attached hydrogen (secondary N) is 2. The molecule has 2 aromatic carbocycles. The fourth-order valence-electron chi connectivity index (χ4n) is 5.96. The molecule has 13 heteroatoms. The summed E-state index contributed by atoms with van der Waals surface area (Å²) in [4.78, 5) is 50.6. The van der Waals surface area contributed by atoms with Crippen molar-refractivity contribution in [2.45, 2.75) is 90.6 Å². The molecule has 0 aliphatic carbocycles. The Bertz CT molecular complexity index is 1770. The lowest BCUT2D eigenvalue weighted by Crippen LogP contribution is -2.57. The Morgan fingerprint density at radius 3 is 2.41 bits per heavy atom. The van der Waals surface area contributed by atoms with E-state index in [-0.39, 0.29) is 24.7 Å². The fraction of sp³-hybridized carbons (Fsp3) is 0.474. The van der Waals surface area contributed by atoms with Crippen molar-refractivity contribution in [2.24, 2.45) is 10.9 Å². The van der Waals surface area contributed by atoms with Crippen molar-refractivity contribution in [3.8, 4) is 28.9 Å². The van der Waals surface area contributed by atoms with Gasteiger partial charge in [-0.1, -0.05) is 57.5 Å². The van der Waals surface area contributed by atoms with Gasteiger partial charge in [-0.15, -0.1) is 0 Å². The SMILES string of the molecule is CCC[C@H](NC(=NC#N)[C@@H]1C[C@@H](Oc2cc(-c3ccccc3)nc3cc(OC)ccc23)CN1C(=O)[C@@H](NC(=O)OC(C)(C)C)C(C)C)C(=O)OC. The molecule has 0 bridgehead atoms. The number of nitriles is 1. The Kier molecular flexibility index (Phi) is 12.8. The third-order valence-corrected chi connectivity index (χ3v) is 8.36. The van der Waals surface area contributed by atoms with Gasteiger partial charge < -0.3 is 34.5 Å². The normalized spacial score (nSPS) is 17.3. The van der Waals surface area contributed by atoms with Gasteiger partial charge in [-0.2, -0.15) is 10.3 Å². The molecule has 1 aliphatic rings. The van der Waals surface area contributed by atoms with Crippen molar-refractivity contribution >= 4 is 34.7 Å². The van der Waals surface area contributed by atoms with Gasteiger partial charge >= 0.3 is 12.1 Å². The number of aromatic nitrogens is 1. The third kappa shape index (κ3) is 9.87. The first-order valence-corrected chi connectivity index (χ1v) is 17.1. The summed E-state index contributed by atoms with van der Waals surface area (Å²) in [5.74, 6) is 0.0257. The summed E-state index contributed by atoms with van der Waals surface area (Å²) in [6.45, 7) is 10.9. The van der Waals surface area contributed by atoms with Crippen LogP contribution in [0.2, 0.25) is 0 Å². The predicted molar refractivity (Wildman–Crippen MR) is 193 cm³/mol. The Balaban J connectivity index is 1.76. The number of methoxy groups -OCH3 is 2. The van der Waals surface area contributed by atoms with Crippen LogP contribution in [0.25, 0.3) is 22.2 Å². The van der Waals surface area contributed by atoms with E-state index in [1.807, 2.05) is 81.6 Å². The number of pyridine rings is 1. The summed E-state index contributed by atoms with van der Waals surface area (Å²) in [6.07, 6.45) is 1.78. The van der Waals surface area contributed by atoms with Crippen LogP contribution in [-0.4, -0.2) is 84.3 Å². The standard InChI is InChI=1S/C38H48N6O7/c1-9-13-28(36(46)49-8)42-34(40-22-39)31-19-26(21-44(31)35(45)33(23(2)3)43-37(47)51-38(4,5)6)50-32-20-29(24-14-11-10-12-15-24)41-30-18-25(48-7)16-17-27(30)32/h10-12,14-18,20,23,26,28,31,33H,9,13,19,21H2,1-8H3,(H,40,42)(H,43,47)/t26-,28+,31+,33+/m1/s1. The van der Waals surface area contributed by atoms with Crippen molar-refractivity contribution < 1.29 is 33.3 Å². The quantitative estimate of drug-likeness (QED) is 0.105. The van der Waals surface area contributed by atoms with Crippen LogP contribution < -0.4 is 20.1 Å². The number of aliphatic imine (C=N–C) groups is 1. The number of nitrogens with zero attached hydrogens (tertiary/aromatic N) is 4. The number of hydrogen-bond acceptors (Lipinski definition) is 10. The first-order chi connectivity index (χ1) is 24.3. The monoisotopic (exact) mass is 700 g/mol. The molecule has 4 rings (SSSR count). The minimum absolute atomic E-state index is 0.0894. The minimum Gasteiger partial charge on any atom is -0.497 e. The van der Waals surface area contributed by atoms with Crippen molar-refractivity contribution in [3.05, 3.63) is 54.6 Å². The number of carbonyl (C=O) groups excluding carboxylic acids is 3. The second-order valence-electron chi connectivity index (χ2n) is 13.7. The molecule has 2 amide bonds. The van der Waals surface area contributed by atoms with E-state index in [1.54, 1.807) is 32.8 Å². The van der Waals surface area contributed by atoms with Crippen LogP contribution in [0.15, 0.2) is 59.6 Å². The summed E-state index contributed by atoms with van der Waals surface area (Å²) in [7, 11) is 2.88. The number of alkyl carbamates (subject to hydrolysis) is 1. The largest absolute Gasteiger partial charge is 0.497 e. The first-order valence-electron chi connectivity index (χ1n) is 17.1. The van der Waals surface area contributed by atoms with Crippen LogP contribution in [0, 0.1) is 17.4 Å². The molecular formula is C38H48N6O7. The average molecular weight is 701 g/mol. The van der Waals surface area contributed by atoms with Crippen LogP contribution >= 0.6 is 0 Å². The molecule has 13 nitrogen and oxygen atoms in total. The molecule has 1 fully saturated rings. The molecule has 2 N–H and O–H groups in total. The Labute approximate surface area is 299 Å². The van der Waals surface area contributed by atoms with E-state index in [1.165, 1.54) is 7.11 Å². The van der Waals surface area contributed by atoms with Gasteiger partial charge in [0, 0.05) is 29.5 Å². The molecule has 0 radical (unpaired) electrons. The molecule has 2 heterocycles. The summed E-state index contributed by atoms with van der Waals surface area (Å²) >= 11 is 0. The number of benzene rings is 2. The van der Waals surface area contributed by atoms with Crippen LogP contribution in [0.4, 0.5) is 4.79 Å². The van der Waals surface area contributed by atoms with Gasteiger partial charge in [-0.25, -0.2) is 14.6 Å². The average Bonchev–Trinajstić information content (AvgIpc) is 3.52. The van der Waals surface area contributed by atoms with E-state index in [4.69, 9.17) is 23.9 Å². The lowest BCUT2D eigenvalue weighted by molar-refractivity contribution is -0.142. The smallest absolute Gasteiger partial charge is 0.408 e. The zero-order valence-electron chi connectivity index (χ0n) is 30.6. The second-order valence-corrected chi connectivity index (χ2v) is 13.7. The molecule has 272 valence electrons. The number of amides is 2. The maximum Gasteiger partial charge on any atom is 0.408 e. The van der Waals surface area contributed by atoms with E-state index in [0.29, 0.717) is 35.6 Å². The Morgan fingerprint density at radius 1 is 1.08 bits per heavy atom. The second kappa shape index (κ2) is 17.0. The third-order valence-electron chi connectivity index (χ3n) is 8.36. The molecule has 1 aromatic heterocycles. The zero-order chi connectivity index (χ0) is 37.3. The van der Waals surface area contributed by atoms with Crippen molar-refractivity contribution in [3.63, 3.8) is 0 Å². The molecule has 0 unspecified atom stereocenters. The van der Waals surface area contributed by atoms with Gasteiger partial charge in [0.2, 0.25) is 12.1 Å². The van der Waals surface area contributed by atoms with Crippen LogP contribution in [0.3, 0.4) is 0 Å². The number of hydrogen-bond donors (Lipinski definition) is 2. The number of carbonyl (C=O) groups is 3. The van der Waals surface area contributed by atoms with Crippen LogP contribution in [0.1, 0.15) is 60.8 Å². The van der Waals surface area contributed by atoms with Gasteiger partial charge in [0.1, 0.15) is 41.1 Å². The molecule has 1 aliphatic heterocycles. The minimum atomic E-state index is -0.976. The highest BCUT2D eigenvalue weighted by molar-refractivity contribution is 5.97. The van der Waals surface area contributed by atoms with E-state index < -0.39 is 47.8 Å². The van der Waals surface area contributed by atoms with Crippen molar-refractivity contribution in [1.29, 1.82) is 5.26 Å². The predicted octanol–water partition coefficient (Wildman–Crippen LogP) is 5.62. The van der Waals surface area contributed by atoms with Gasteiger partial charge in [0.05, 0.1) is 38.0 Å². The highest BCUT2D eigenvalue weighted by Crippen LogP contribution is 2.35. The summed E-state index contributed by atoms with van der Waals surface area (Å²) in [5, 5.41) is 16.3. The summed E-state index contributed by atoms with van der Waals surface area (Å²) in [5.41, 5.74) is 1.45. The van der Waals surface area contributed by atoms with Gasteiger partial charge in [0.15, 0.2) is 0 Å². The van der Waals surface area contributed by atoms with Crippen LogP contribution in [-0.2, 0) is 19.1 Å². The highest BCUT2D eigenvalue weighted by atomic mass is 16.6. The molecule has 3 aromatic rings. The highest BCUT2D eigenvalue weighted by Gasteiger charge is 2.44. The lowest BCUT2D eigenvalue weighted by atomic mass is 10.0. The fourth-order valence-corrected chi connectivity index (χ4v) is 5.96. The molecule has 1 saturated heterocycles. The van der Waals surface area contributed by atoms with Gasteiger partial charge in [0.25, 0.3) is 0 Å². The molecule has 0 saturated carbocycles. The number of likely N-dealkylation sites (tertiary alicyclic amines) is 1. The van der Waals surface area contributed by atoms with Gasteiger partial charge in [-0.3, -0.25) is 4.79 Å². The van der Waals surface area contributed by atoms with E-state index >= 15 is 0 Å². The topological polar surface area (TPSA) is 164 Å². The molecular weight excluding hydrogens is 652 g/mol. The zero-order valence-corrected chi connectivity index (χ0v) is 30.6. The van der Waals surface area contributed by atoms with E-state index in [9.17, 15) is 19.6 Å². The van der Waals surface area contributed by atoms with E-state index in [0.717, 1.165) is 10.9 Å². The number of ether oxygens (including phenoxy) is 4. The number of amidine groups is 1. The summed E-state index contributed by atoms with van der Waals surface area (Å²) < 4.78 is 22.7. The van der Waals surface area contributed by atoms with Gasteiger partial charge in [-0.05, 0) is 45.2 Å². The lowest BCUT2D eigenvalue weighted by Gasteiger charge is -2.32. The summed E-state index contributed by atoms with van der Waals surface area (Å²) in [6, 6.07) is 14.5. The Morgan fingerprint density at radius 2 is 1.80 bits per heavy atom. The molecule has 0 spiro atoms. The molecule has 4 atom stereocenters. The van der Waals surface area contributed by atoms with Crippen molar-refractivity contribution in [1.82, 2.24) is 20.5 Å². The number of fused-ring (bicyclic) bond motifs is 1. The number of rotatable bonds is 12. The van der Waals surface area contributed by atoms with E-state index in [2.05, 4.69) is 15.6 Å². The first kappa shape index (κ1) is 38.4.